The molecule has 0 bridgehead atoms. The van der Waals surface area contributed by atoms with Gasteiger partial charge < -0.3 is 19.3 Å². The first-order chi connectivity index (χ1) is 47.5. The molecule has 4 heteroatoms. The number of hydrogen-bond acceptors (Lipinski definition) is 4. The summed E-state index contributed by atoms with van der Waals surface area (Å²) < 4.78 is 12.2. The van der Waals surface area contributed by atoms with E-state index in [2.05, 4.69) is 375 Å². The highest BCUT2D eigenvalue weighted by atomic mass is 16.5. The Morgan fingerprint density at radius 2 is 0.500 bits per heavy atom. The largest absolute Gasteiger partial charge is 0.490 e. The highest BCUT2D eigenvalue weighted by Gasteiger charge is 2.48. The molecule has 2 atom stereocenters. The van der Waals surface area contributed by atoms with E-state index >= 15 is 0 Å². The zero-order valence-corrected chi connectivity index (χ0v) is 53.2. The van der Waals surface area contributed by atoms with Crippen molar-refractivity contribution in [1.29, 1.82) is 0 Å². The molecule has 0 heterocycles. The fraction of sp³-hybridized carbons (Fsp3) is 0.0435. The first-order valence-electron chi connectivity index (χ1n) is 32.9. The second-order valence-corrected chi connectivity index (χ2v) is 24.6. The maximum absolute atomic E-state index is 6.10. The third-order valence-corrected chi connectivity index (χ3v) is 19.3. The Morgan fingerprint density at radius 1 is 0.240 bits per heavy atom. The van der Waals surface area contributed by atoms with Gasteiger partial charge in [0.2, 0.25) is 0 Å². The molecule has 96 heavy (non-hydrogen) atoms. The lowest BCUT2D eigenvalue weighted by Gasteiger charge is -2.35. The molecule has 0 radical (unpaired) electrons. The van der Waals surface area contributed by atoms with Gasteiger partial charge in [-0.15, -0.1) is 0 Å². The molecule has 2 unspecified atom stereocenters. The van der Waals surface area contributed by atoms with E-state index in [9.17, 15) is 0 Å². The SMILES string of the molecule is C=CCOc1ccc(C2(c3ccccc3)c3cc(-c4ccccc4)ccc3-c3ccc(N(c4ccccc4)c4ccc(-c5ccc(N(c6ccccc6)c6ccc7c(c6)C(c6ccccc6)(c6ccc(OCC=C)cc6)c6cc(-c8ccccc8)ccc6-7)cc5)cc4)cc32)cc1. The molecule has 16 rings (SSSR count). The first-order valence-corrected chi connectivity index (χ1v) is 32.9. The Morgan fingerprint density at radius 3 is 0.844 bits per heavy atom. The molecule has 0 saturated heterocycles. The monoisotopic (exact) mass is 1230 g/mol. The summed E-state index contributed by atoms with van der Waals surface area (Å²) in [6.07, 6.45) is 3.57. The fourth-order valence-electron chi connectivity index (χ4n) is 15.0. The van der Waals surface area contributed by atoms with Crippen molar-refractivity contribution in [2.75, 3.05) is 23.0 Å². The van der Waals surface area contributed by atoms with Crippen LogP contribution in [0.4, 0.5) is 34.1 Å². The van der Waals surface area contributed by atoms with Crippen molar-refractivity contribution < 1.29 is 9.47 Å². The van der Waals surface area contributed by atoms with Crippen LogP contribution in [-0.4, -0.2) is 13.2 Å². The van der Waals surface area contributed by atoms with Gasteiger partial charge >= 0.3 is 0 Å². The van der Waals surface area contributed by atoms with Crippen LogP contribution in [0.2, 0.25) is 0 Å². The maximum Gasteiger partial charge on any atom is 0.119 e. The number of para-hydroxylation sites is 2. The van der Waals surface area contributed by atoms with E-state index in [1.807, 2.05) is 0 Å². The van der Waals surface area contributed by atoms with Gasteiger partial charge in [0.25, 0.3) is 0 Å². The second-order valence-electron chi connectivity index (χ2n) is 24.6. The van der Waals surface area contributed by atoms with E-state index in [-0.39, 0.29) is 0 Å². The van der Waals surface area contributed by atoms with E-state index in [4.69, 9.17) is 9.47 Å². The molecule has 4 nitrogen and oxygen atoms in total. The Labute approximate surface area is 562 Å². The summed E-state index contributed by atoms with van der Waals surface area (Å²) in [5.74, 6) is 1.60. The summed E-state index contributed by atoms with van der Waals surface area (Å²) in [5, 5.41) is 0. The van der Waals surface area contributed by atoms with Crippen molar-refractivity contribution in [3.63, 3.8) is 0 Å². The predicted octanol–water partition coefficient (Wildman–Crippen LogP) is 23.5. The minimum absolute atomic E-state index is 0.432. The average Bonchev–Trinajstić information content (AvgIpc) is 1.53. The molecule has 0 aliphatic heterocycles. The molecule has 14 aromatic carbocycles. The third kappa shape index (κ3) is 10.3. The normalized spacial score (nSPS) is 14.7. The molecule has 2 aliphatic rings. The van der Waals surface area contributed by atoms with Gasteiger partial charge in [-0.25, -0.2) is 0 Å². The molecule has 458 valence electrons. The molecule has 14 aromatic rings. The van der Waals surface area contributed by atoms with Crippen molar-refractivity contribution in [1.82, 2.24) is 0 Å². The van der Waals surface area contributed by atoms with Gasteiger partial charge in [-0.3, -0.25) is 0 Å². The Bertz CT molecular complexity index is 4770. The predicted molar refractivity (Wildman–Crippen MR) is 398 cm³/mol. The van der Waals surface area contributed by atoms with Crippen LogP contribution in [0.3, 0.4) is 0 Å². The van der Waals surface area contributed by atoms with E-state index < -0.39 is 10.8 Å². The number of rotatable bonds is 19. The standard InChI is InChI=1S/C92H68N2O2/c1-3-59-95-81-51-41-73(42-52-81)91(71-27-15-7-16-28-71)87-61-69(65-23-11-5-12-24-65)39-55-83(87)85-57-49-79(63-89(85)91)93(75-31-19-9-20-32-75)77-45-35-67(36-46-77)68-37-47-78(48-38-68)94(76-33-21-10-22-34-76)80-50-58-86-84-56-40-70(66-25-13-6-14-26-66)62-88(84)92(90(86)64-80,72-29-17-8-18-30-72)74-43-53-82(54-44-74)96-60-4-2/h3-58,61-64H,1-2,59-60H2. The van der Waals surface area contributed by atoms with Crippen LogP contribution < -0.4 is 19.3 Å². The van der Waals surface area contributed by atoms with Crippen LogP contribution in [-0.2, 0) is 10.8 Å². The van der Waals surface area contributed by atoms with Crippen LogP contribution in [0.5, 0.6) is 11.5 Å². The number of nitrogens with zero attached hydrogens (tertiary/aromatic N) is 2. The zero-order valence-electron chi connectivity index (χ0n) is 53.2. The number of benzene rings is 14. The van der Waals surface area contributed by atoms with Crippen molar-refractivity contribution >= 4 is 34.1 Å². The van der Waals surface area contributed by atoms with Gasteiger partial charge in [-0.2, -0.15) is 0 Å². The highest BCUT2D eigenvalue weighted by Crippen LogP contribution is 2.60. The van der Waals surface area contributed by atoms with Gasteiger partial charge in [-0.1, -0.05) is 268 Å². The van der Waals surface area contributed by atoms with Crippen molar-refractivity contribution in [2.24, 2.45) is 0 Å². The topological polar surface area (TPSA) is 24.9 Å². The Balaban J connectivity index is 0.784. The number of anilines is 6. The average molecular weight is 1230 g/mol. The Kier molecular flexibility index (Phi) is 15.5. The van der Waals surface area contributed by atoms with Gasteiger partial charge in [-0.05, 0) is 209 Å². The van der Waals surface area contributed by atoms with Gasteiger partial charge in [0.15, 0.2) is 0 Å². The van der Waals surface area contributed by atoms with Crippen LogP contribution in [0.15, 0.2) is 377 Å². The van der Waals surface area contributed by atoms with Crippen LogP contribution >= 0.6 is 0 Å². The molecule has 0 N–H and O–H groups in total. The molecule has 2 aliphatic carbocycles. The fourth-order valence-corrected chi connectivity index (χ4v) is 15.0. The molecule has 0 fully saturated rings. The number of ether oxygens (including phenoxy) is 2. The first kappa shape index (κ1) is 58.8. The Hall–Kier alpha value is -12.2. The minimum Gasteiger partial charge on any atom is -0.490 e. The van der Waals surface area contributed by atoms with E-state index in [1.54, 1.807) is 12.2 Å². The minimum atomic E-state index is -0.682. The smallest absolute Gasteiger partial charge is 0.119 e. The van der Waals surface area contributed by atoms with Crippen molar-refractivity contribution in [3.8, 4) is 67.1 Å². The zero-order chi connectivity index (χ0) is 64.4. The third-order valence-electron chi connectivity index (χ3n) is 19.3. The highest BCUT2D eigenvalue weighted by molar-refractivity contribution is 5.94. The molecule has 0 spiro atoms. The summed E-state index contributed by atoms with van der Waals surface area (Å²) >= 11 is 0. The summed E-state index contributed by atoms with van der Waals surface area (Å²) in [4.78, 5) is 4.78. The number of hydrogen-bond donors (Lipinski definition) is 0. The quantitative estimate of drug-likeness (QED) is 0.0754. The van der Waals surface area contributed by atoms with Gasteiger partial charge in [0.05, 0.1) is 10.8 Å². The van der Waals surface area contributed by atoms with E-state index in [0.29, 0.717) is 13.2 Å². The molecule has 0 aromatic heterocycles. The van der Waals surface area contributed by atoms with Crippen LogP contribution in [0.25, 0.3) is 55.6 Å². The van der Waals surface area contributed by atoms with Crippen molar-refractivity contribution in [3.05, 3.63) is 422 Å². The van der Waals surface area contributed by atoms with Crippen molar-refractivity contribution in [2.45, 2.75) is 10.8 Å². The molecule has 0 amide bonds. The number of fused-ring (bicyclic) bond motifs is 6. The summed E-state index contributed by atoms with van der Waals surface area (Å²) in [6.45, 7) is 8.68. The van der Waals surface area contributed by atoms with E-state index in [1.165, 1.54) is 77.9 Å². The lowest BCUT2D eigenvalue weighted by atomic mass is 9.67. The van der Waals surface area contributed by atoms with Gasteiger partial charge in [0.1, 0.15) is 24.7 Å². The van der Waals surface area contributed by atoms with Crippen LogP contribution in [0.1, 0.15) is 44.5 Å². The lowest BCUT2D eigenvalue weighted by molar-refractivity contribution is 0.363. The summed E-state index contributed by atoms with van der Waals surface area (Å²) in [7, 11) is 0. The summed E-state index contributed by atoms with van der Waals surface area (Å²) in [5.41, 5.74) is 26.4. The molecule has 0 saturated carbocycles. The maximum atomic E-state index is 6.10. The second kappa shape index (κ2) is 25.3. The lowest BCUT2D eigenvalue weighted by Crippen LogP contribution is -2.29. The summed E-state index contributed by atoms with van der Waals surface area (Å²) in [6, 6.07) is 129. The molecular formula is C92H68N2O2. The van der Waals surface area contributed by atoms with E-state index in [0.717, 1.165) is 67.9 Å². The molecular weight excluding hydrogens is 1170 g/mol. The van der Waals surface area contributed by atoms with Crippen LogP contribution in [0, 0.1) is 0 Å². The van der Waals surface area contributed by atoms with Gasteiger partial charge in [0, 0.05) is 34.1 Å².